The Morgan fingerprint density at radius 2 is 1.95 bits per heavy atom. The molecule has 8 heteroatoms. The van der Waals surface area contributed by atoms with Crippen molar-refractivity contribution in [1.82, 2.24) is 9.78 Å². The van der Waals surface area contributed by atoms with E-state index < -0.39 is 5.97 Å². The normalized spacial score (nSPS) is 10.6. The van der Waals surface area contributed by atoms with Crippen molar-refractivity contribution >= 4 is 59.4 Å². The number of aryl methyl sites for hydroxylation is 1. The van der Waals surface area contributed by atoms with Gasteiger partial charge in [-0.3, -0.25) is 4.68 Å². The Balaban J connectivity index is 2.26. The van der Waals surface area contributed by atoms with Crippen LogP contribution in [0.5, 0.6) is 0 Å². The van der Waals surface area contributed by atoms with Crippen molar-refractivity contribution in [3.05, 3.63) is 43.0 Å². The predicted molar refractivity (Wildman–Crippen MR) is 87.0 cm³/mol. The fourth-order valence-corrected chi connectivity index (χ4v) is 4.27. The van der Waals surface area contributed by atoms with Crippen LogP contribution < -0.4 is 5.32 Å². The second kappa shape index (κ2) is 6.28. The summed E-state index contributed by atoms with van der Waals surface area (Å²) >= 11 is 10.3. The van der Waals surface area contributed by atoms with Crippen molar-refractivity contribution < 1.29 is 9.90 Å². The van der Waals surface area contributed by atoms with Crippen LogP contribution in [0.25, 0.3) is 0 Å². The zero-order chi connectivity index (χ0) is 14.9. The van der Waals surface area contributed by atoms with Crippen LogP contribution in [0.15, 0.2) is 31.7 Å². The molecule has 0 aliphatic heterocycles. The van der Waals surface area contributed by atoms with Crippen molar-refractivity contribution in [2.45, 2.75) is 6.54 Å². The molecule has 2 N–H and O–H groups in total. The first-order chi connectivity index (χ1) is 9.40. The first kappa shape index (κ1) is 15.5. The van der Waals surface area contributed by atoms with Crippen molar-refractivity contribution in [3.63, 3.8) is 0 Å². The largest absolute Gasteiger partial charge is 0.478 e. The lowest BCUT2D eigenvalue weighted by Crippen LogP contribution is -2.10. The van der Waals surface area contributed by atoms with Crippen LogP contribution in [0.1, 0.15) is 16.1 Å². The van der Waals surface area contributed by atoms with Gasteiger partial charge in [-0.15, -0.1) is 0 Å². The van der Waals surface area contributed by atoms with Gasteiger partial charge in [-0.25, -0.2) is 4.79 Å². The molecule has 0 bridgehead atoms. The molecule has 0 aliphatic rings. The Morgan fingerprint density at radius 1 is 1.35 bits per heavy atom. The SMILES string of the molecule is Cn1ncc(C(=O)O)c1CNc1c(Br)cc(Br)cc1Br. The van der Waals surface area contributed by atoms with E-state index in [1.54, 1.807) is 11.7 Å². The smallest absolute Gasteiger partial charge is 0.339 e. The van der Waals surface area contributed by atoms with Crippen LogP contribution in [0.4, 0.5) is 5.69 Å². The number of hydrogen-bond acceptors (Lipinski definition) is 3. The lowest BCUT2D eigenvalue weighted by molar-refractivity contribution is 0.0695. The summed E-state index contributed by atoms with van der Waals surface area (Å²) < 4.78 is 4.24. The van der Waals surface area contributed by atoms with E-state index in [1.165, 1.54) is 6.20 Å². The minimum atomic E-state index is -0.983. The second-order valence-electron chi connectivity index (χ2n) is 4.03. The number of carboxylic acid groups (broad SMARTS) is 1. The molecule has 0 saturated carbocycles. The number of benzene rings is 1. The molecule has 106 valence electrons. The summed E-state index contributed by atoms with van der Waals surface area (Å²) in [5, 5.41) is 16.3. The average molecular weight is 468 g/mol. The van der Waals surface area contributed by atoms with Gasteiger partial charge in [0.2, 0.25) is 0 Å². The van der Waals surface area contributed by atoms with Crippen molar-refractivity contribution in [2.75, 3.05) is 5.32 Å². The summed E-state index contributed by atoms with van der Waals surface area (Å²) in [5.74, 6) is -0.983. The number of halogens is 3. The lowest BCUT2D eigenvalue weighted by Gasteiger charge is -2.12. The molecule has 0 fully saturated rings. The third-order valence-electron chi connectivity index (χ3n) is 2.73. The summed E-state index contributed by atoms with van der Waals surface area (Å²) in [6.45, 7) is 0.358. The van der Waals surface area contributed by atoms with Gasteiger partial charge in [0.25, 0.3) is 0 Å². The first-order valence-electron chi connectivity index (χ1n) is 5.52. The first-order valence-corrected chi connectivity index (χ1v) is 7.90. The van der Waals surface area contributed by atoms with Crippen LogP contribution in [0, 0.1) is 0 Å². The number of aromatic carboxylic acids is 1. The predicted octanol–water partition coefficient (Wildman–Crippen LogP) is 4.02. The zero-order valence-electron chi connectivity index (χ0n) is 10.3. The summed E-state index contributed by atoms with van der Waals surface area (Å²) in [6.07, 6.45) is 1.35. The maximum absolute atomic E-state index is 11.1. The molecule has 0 unspecified atom stereocenters. The van der Waals surface area contributed by atoms with E-state index in [0.717, 1.165) is 19.1 Å². The fourth-order valence-electron chi connectivity index (χ4n) is 1.73. The Kier molecular flexibility index (Phi) is 4.87. The molecule has 0 atom stereocenters. The number of nitrogens with one attached hydrogen (secondary N) is 1. The van der Waals surface area contributed by atoms with Crippen LogP contribution in [-0.2, 0) is 13.6 Å². The van der Waals surface area contributed by atoms with E-state index in [-0.39, 0.29) is 5.56 Å². The molecule has 1 aromatic heterocycles. The molecular weight excluding hydrogens is 458 g/mol. The van der Waals surface area contributed by atoms with Gasteiger partial charge < -0.3 is 10.4 Å². The number of aromatic nitrogens is 2. The molecule has 0 aliphatic carbocycles. The van der Waals surface area contributed by atoms with Crippen molar-refractivity contribution in [1.29, 1.82) is 0 Å². The van der Waals surface area contributed by atoms with E-state index in [2.05, 4.69) is 58.2 Å². The average Bonchev–Trinajstić information content (AvgIpc) is 2.69. The highest BCUT2D eigenvalue weighted by Gasteiger charge is 2.15. The van der Waals surface area contributed by atoms with E-state index in [0.29, 0.717) is 12.2 Å². The number of hydrogen-bond donors (Lipinski definition) is 2. The standard InChI is InChI=1S/C12H10Br3N3O2/c1-18-10(7(4-17-18)12(19)20)5-16-11-8(14)2-6(13)3-9(11)15/h2-4,16H,5H2,1H3,(H,19,20). The molecule has 0 saturated heterocycles. The van der Waals surface area contributed by atoms with E-state index in [1.807, 2.05) is 12.1 Å². The highest BCUT2D eigenvalue weighted by Crippen LogP contribution is 2.34. The van der Waals surface area contributed by atoms with Crippen LogP contribution in [0.2, 0.25) is 0 Å². The summed E-state index contributed by atoms with van der Waals surface area (Å²) in [7, 11) is 1.72. The fraction of sp³-hybridized carbons (Fsp3) is 0.167. The molecular formula is C12H10Br3N3O2. The Bertz CT molecular complexity index is 647. The van der Waals surface area contributed by atoms with Gasteiger partial charge in [0.05, 0.1) is 24.1 Å². The van der Waals surface area contributed by atoms with Gasteiger partial charge in [0.1, 0.15) is 5.56 Å². The maximum atomic E-state index is 11.1. The third kappa shape index (κ3) is 3.24. The van der Waals surface area contributed by atoms with Gasteiger partial charge in [0, 0.05) is 20.5 Å². The number of carboxylic acids is 1. The monoisotopic (exact) mass is 465 g/mol. The lowest BCUT2D eigenvalue weighted by atomic mass is 10.2. The summed E-state index contributed by atoms with van der Waals surface area (Å²) in [4.78, 5) is 11.1. The summed E-state index contributed by atoms with van der Waals surface area (Å²) in [6, 6.07) is 3.82. The van der Waals surface area contributed by atoms with E-state index in [9.17, 15) is 4.79 Å². The third-order valence-corrected chi connectivity index (χ3v) is 4.44. The number of carbonyl (C=O) groups is 1. The van der Waals surface area contributed by atoms with Crippen LogP contribution >= 0.6 is 47.8 Å². The minimum Gasteiger partial charge on any atom is -0.478 e. The number of rotatable bonds is 4. The van der Waals surface area contributed by atoms with Gasteiger partial charge in [-0.1, -0.05) is 15.9 Å². The molecule has 2 aromatic rings. The van der Waals surface area contributed by atoms with Crippen molar-refractivity contribution in [2.24, 2.45) is 7.05 Å². The topological polar surface area (TPSA) is 67.2 Å². The highest BCUT2D eigenvalue weighted by molar-refractivity contribution is 9.11. The van der Waals surface area contributed by atoms with Crippen LogP contribution in [0.3, 0.4) is 0 Å². The van der Waals surface area contributed by atoms with Crippen molar-refractivity contribution in [3.8, 4) is 0 Å². The summed E-state index contributed by atoms with van der Waals surface area (Å²) in [5.41, 5.74) is 1.66. The molecule has 0 amide bonds. The van der Waals surface area contributed by atoms with Gasteiger partial charge >= 0.3 is 5.97 Å². The molecule has 5 nitrogen and oxygen atoms in total. The Hall–Kier alpha value is -0.860. The molecule has 0 spiro atoms. The van der Waals surface area contributed by atoms with Crippen LogP contribution in [-0.4, -0.2) is 20.9 Å². The van der Waals surface area contributed by atoms with E-state index >= 15 is 0 Å². The number of nitrogens with zero attached hydrogens (tertiary/aromatic N) is 2. The molecule has 20 heavy (non-hydrogen) atoms. The molecule has 2 rings (SSSR count). The Morgan fingerprint density at radius 3 is 2.50 bits per heavy atom. The van der Waals surface area contributed by atoms with Gasteiger partial charge in [-0.2, -0.15) is 5.10 Å². The number of anilines is 1. The molecule has 1 aromatic carbocycles. The molecule has 0 radical (unpaired) electrons. The zero-order valence-corrected chi connectivity index (χ0v) is 15.1. The minimum absolute atomic E-state index is 0.198. The second-order valence-corrected chi connectivity index (χ2v) is 6.66. The van der Waals surface area contributed by atoms with Gasteiger partial charge in [0.15, 0.2) is 0 Å². The maximum Gasteiger partial charge on any atom is 0.339 e. The highest BCUT2D eigenvalue weighted by atomic mass is 79.9. The van der Waals surface area contributed by atoms with Gasteiger partial charge in [-0.05, 0) is 44.0 Å². The quantitative estimate of drug-likeness (QED) is 0.712. The Labute approximate surface area is 140 Å². The van der Waals surface area contributed by atoms with E-state index in [4.69, 9.17) is 5.11 Å². The molecule has 1 heterocycles.